The summed E-state index contributed by atoms with van der Waals surface area (Å²) in [4.78, 5) is 0. The van der Waals surface area contributed by atoms with Crippen molar-refractivity contribution in [3.63, 3.8) is 0 Å². The zero-order valence-electron chi connectivity index (χ0n) is 21.4. The summed E-state index contributed by atoms with van der Waals surface area (Å²) in [7, 11) is 0. The van der Waals surface area contributed by atoms with Crippen molar-refractivity contribution in [1.29, 1.82) is 0 Å². The van der Waals surface area contributed by atoms with Crippen LogP contribution in [0.5, 0.6) is 0 Å². The molecule has 2 aliphatic carbocycles. The van der Waals surface area contributed by atoms with Crippen LogP contribution >= 0.6 is 0 Å². The van der Waals surface area contributed by atoms with Crippen molar-refractivity contribution in [2.45, 2.75) is 45.4 Å². The van der Waals surface area contributed by atoms with Gasteiger partial charge in [0, 0.05) is 11.3 Å². The third-order valence-corrected chi connectivity index (χ3v) is 8.21. The van der Waals surface area contributed by atoms with Crippen LogP contribution in [0.1, 0.15) is 52.6 Å². The van der Waals surface area contributed by atoms with Gasteiger partial charge < -0.3 is 0 Å². The van der Waals surface area contributed by atoms with Crippen molar-refractivity contribution in [3.05, 3.63) is 154 Å². The van der Waals surface area contributed by atoms with Crippen LogP contribution in [0.2, 0.25) is 0 Å². The number of hydrogen-bond donors (Lipinski definition) is 0. The first-order chi connectivity index (χ1) is 17.0. The van der Waals surface area contributed by atoms with Crippen LogP contribution < -0.4 is 0 Å². The first-order valence-electron chi connectivity index (χ1n) is 12.9. The first kappa shape index (κ1) is 23.4. The van der Waals surface area contributed by atoms with E-state index < -0.39 is 0 Å². The maximum atomic E-state index is 2.46. The Morgan fingerprint density at radius 2 is 1.26 bits per heavy atom. The normalized spacial score (nSPS) is 21.7. The number of benzene rings is 3. The van der Waals surface area contributed by atoms with E-state index in [9.17, 15) is 0 Å². The Morgan fingerprint density at radius 3 is 1.83 bits per heavy atom. The SMILES string of the molecule is Cc1ccccc1C1C(C(c2ccccc2C)(c2ccccc2C)C2C=CC=CC2)=CC=CC1C. The molecule has 0 aromatic heterocycles. The van der Waals surface area contributed by atoms with Crippen molar-refractivity contribution >= 4 is 0 Å². The highest BCUT2D eigenvalue weighted by Gasteiger charge is 2.49. The third-order valence-electron chi connectivity index (χ3n) is 8.21. The fourth-order valence-corrected chi connectivity index (χ4v) is 6.60. The molecule has 0 bridgehead atoms. The average molecular weight is 457 g/mol. The van der Waals surface area contributed by atoms with Gasteiger partial charge in [0.05, 0.1) is 0 Å². The van der Waals surface area contributed by atoms with Crippen molar-refractivity contribution in [2.24, 2.45) is 11.8 Å². The molecule has 3 aromatic carbocycles. The summed E-state index contributed by atoms with van der Waals surface area (Å²) < 4.78 is 0. The molecule has 3 unspecified atom stereocenters. The van der Waals surface area contributed by atoms with E-state index in [-0.39, 0.29) is 5.41 Å². The van der Waals surface area contributed by atoms with E-state index in [4.69, 9.17) is 0 Å². The predicted molar refractivity (Wildman–Crippen MR) is 150 cm³/mol. The first-order valence-corrected chi connectivity index (χ1v) is 12.9. The zero-order valence-corrected chi connectivity index (χ0v) is 21.4. The summed E-state index contributed by atoms with van der Waals surface area (Å²) in [6, 6.07) is 27.1. The molecule has 0 saturated heterocycles. The van der Waals surface area contributed by atoms with Gasteiger partial charge in [0.25, 0.3) is 0 Å². The molecule has 176 valence electrons. The zero-order chi connectivity index (χ0) is 24.4. The van der Waals surface area contributed by atoms with E-state index in [1.54, 1.807) is 0 Å². The van der Waals surface area contributed by atoms with E-state index in [1.807, 2.05) is 0 Å². The van der Waals surface area contributed by atoms with Gasteiger partial charge in [-0.2, -0.15) is 0 Å². The Morgan fingerprint density at radius 1 is 0.657 bits per heavy atom. The molecule has 3 aromatic rings. The van der Waals surface area contributed by atoms with Crippen molar-refractivity contribution in [2.75, 3.05) is 0 Å². The average Bonchev–Trinajstić information content (AvgIpc) is 2.88. The molecule has 0 radical (unpaired) electrons. The minimum Gasteiger partial charge on any atom is -0.0839 e. The van der Waals surface area contributed by atoms with Crippen molar-refractivity contribution in [1.82, 2.24) is 0 Å². The van der Waals surface area contributed by atoms with Crippen LogP contribution in [0.4, 0.5) is 0 Å². The molecule has 0 saturated carbocycles. The van der Waals surface area contributed by atoms with Gasteiger partial charge in [0.1, 0.15) is 0 Å². The number of aryl methyl sites for hydroxylation is 3. The second-order valence-corrected chi connectivity index (χ2v) is 10.3. The fourth-order valence-electron chi connectivity index (χ4n) is 6.60. The summed E-state index contributed by atoms with van der Waals surface area (Å²) in [5, 5.41) is 0. The van der Waals surface area contributed by atoms with Crippen molar-refractivity contribution < 1.29 is 0 Å². The summed E-state index contributed by atoms with van der Waals surface area (Å²) in [5.74, 6) is 1.04. The van der Waals surface area contributed by atoms with Gasteiger partial charge in [-0.1, -0.05) is 122 Å². The number of allylic oxidation sites excluding steroid dienone is 8. The van der Waals surface area contributed by atoms with Gasteiger partial charge in [-0.15, -0.1) is 0 Å². The quantitative estimate of drug-likeness (QED) is 0.359. The minimum atomic E-state index is -0.274. The molecule has 0 heteroatoms. The van der Waals surface area contributed by atoms with Gasteiger partial charge in [-0.25, -0.2) is 0 Å². The van der Waals surface area contributed by atoms with Crippen molar-refractivity contribution in [3.8, 4) is 0 Å². The predicted octanol–water partition coefficient (Wildman–Crippen LogP) is 8.95. The Kier molecular flexibility index (Phi) is 6.48. The molecule has 0 N–H and O–H groups in total. The molecule has 35 heavy (non-hydrogen) atoms. The molecular weight excluding hydrogens is 420 g/mol. The minimum absolute atomic E-state index is 0.274. The highest BCUT2D eigenvalue weighted by molar-refractivity contribution is 5.60. The van der Waals surface area contributed by atoms with Gasteiger partial charge in [0.15, 0.2) is 0 Å². The third kappa shape index (κ3) is 3.96. The largest absolute Gasteiger partial charge is 0.0839 e. The molecular formula is C35H36. The summed E-state index contributed by atoms with van der Waals surface area (Å²) >= 11 is 0. The van der Waals surface area contributed by atoms with E-state index >= 15 is 0 Å². The van der Waals surface area contributed by atoms with E-state index in [2.05, 4.69) is 143 Å². The van der Waals surface area contributed by atoms with Crippen LogP contribution in [0.15, 0.2) is 121 Å². The highest BCUT2D eigenvalue weighted by Crippen LogP contribution is 2.56. The standard InChI is InChI=1S/C35H36/c1-25-15-8-11-21-30(25)34-28(4)18-14-24-33(34)35(29-19-6-5-7-20-29,31-22-12-9-16-26(31)2)32-23-13-10-17-27(32)3/h5-19,21-24,28-29,34H,20H2,1-4H3. The lowest BCUT2D eigenvalue weighted by Gasteiger charge is -2.49. The molecule has 0 nitrogen and oxygen atoms in total. The Bertz CT molecular complexity index is 1280. The van der Waals surface area contributed by atoms with Crippen LogP contribution in [-0.2, 0) is 5.41 Å². The summed E-state index contributed by atoms with van der Waals surface area (Å²) in [5.41, 5.74) is 9.60. The molecule has 0 aliphatic heterocycles. The molecule has 2 aliphatic rings. The maximum Gasteiger partial charge on any atom is 0.0491 e. The van der Waals surface area contributed by atoms with E-state index in [0.29, 0.717) is 17.8 Å². The topological polar surface area (TPSA) is 0 Å². The van der Waals surface area contributed by atoms with Gasteiger partial charge in [-0.3, -0.25) is 0 Å². The van der Waals surface area contributed by atoms with Gasteiger partial charge in [-0.05, 0) is 78.0 Å². The van der Waals surface area contributed by atoms with Crippen LogP contribution in [0.3, 0.4) is 0 Å². The van der Waals surface area contributed by atoms with Gasteiger partial charge >= 0.3 is 0 Å². The monoisotopic (exact) mass is 456 g/mol. The molecule has 5 rings (SSSR count). The van der Waals surface area contributed by atoms with Crippen LogP contribution in [-0.4, -0.2) is 0 Å². The smallest absolute Gasteiger partial charge is 0.0491 e. The van der Waals surface area contributed by atoms with Crippen LogP contribution in [0, 0.1) is 32.6 Å². The number of hydrogen-bond acceptors (Lipinski definition) is 0. The van der Waals surface area contributed by atoms with Gasteiger partial charge in [0.2, 0.25) is 0 Å². The summed E-state index contributed by atoms with van der Waals surface area (Å²) in [6.45, 7) is 9.23. The summed E-state index contributed by atoms with van der Waals surface area (Å²) in [6.07, 6.45) is 17.4. The second-order valence-electron chi connectivity index (χ2n) is 10.3. The highest BCUT2D eigenvalue weighted by atomic mass is 14.5. The van der Waals surface area contributed by atoms with E-state index in [1.165, 1.54) is 39.0 Å². The fraction of sp³-hybridized carbons (Fsp3) is 0.257. The lowest BCUT2D eigenvalue weighted by atomic mass is 9.53. The molecule has 0 spiro atoms. The Balaban J connectivity index is 1.90. The maximum absolute atomic E-state index is 2.46. The van der Waals surface area contributed by atoms with Crippen LogP contribution in [0.25, 0.3) is 0 Å². The number of rotatable bonds is 5. The molecule has 0 heterocycles. The molecule has 0 fully saturated rings. The van der Waals surface area contributed by atoms with E-state index in [0.717, 1.165) is 6.42 Å². The Labute approximate surface area is 211 Å². The molecule has 0 amide bonds. The lowest BCUT2D eigenvalue weighted by Crippen LogP contribution is -2.43. The Hall–Kier alpha value is -3.38. The molecule has 3 atom stereocenters. The second kappa shape index (κ2) is 9.70. The lowest BCUT2D eigenvalue weighted by molar-refractivity contribution is 0.393.